The summed E-state index contributed by atoms with van der Waals surface area (Å²) in [7, 11) is 0. The van der Waals surface area contributed by atoms with Gasteiger partial charge in [0.1, 0.15) is 11.4 Å². The highest BCUT2D eigenvalue weighted by atomic mass is 16.5. The number of hydrogen-bond acceptors (Lipinski definition) is 7. The van der Waals surface area contributed by atoms with Gasteiger partial charge in [0.15, 0.2) is 5.82 Å². The number of likely N-dealkylation sites (tertiary alicyclic amines) is 1. The van der Waals surface area contributed by atoms with Crippen molar-refractivity contribution in [3.8, 4) is 11.6 Å². The molecule has 3 N–H and O–H groups in total. The van der Waals surface area contributed by atoms with E-state index in [1.165, 1.54) is 24.5 Å². The number of hydrogen-bond donors (Lipinski definition) is 3. The number of aliphatic hydroxyl groups is 1. The van der Waals surface area contributed by atoms with E-state index in [4.69, 9.17) is 9.84 Å². The largest absolute Gasteiger partial charge is 0.505 e. The van der Waals surface area contributed by atoms with Crippen LogP contribution in [0.2, 0.25) is 0 Å². The molecular weight excluding hydrogens is 384 g/mol. The Morgan fingerprint density at radius 3 is 2.67 bits per heavy atom. The van der Waals surface area contributed by atoms with Gasteiger partial charge in [0.2, 0.25) is 11.8 Å². The number of ether oxygens (including phenoxy) is 1. The number of carbonyl (C=O) groups is 1. The molecular formula is C22H28N4O4. The molecule has 1 saturated heterocycles. The number of nitrogens with one attached hydrogen (secondary N) is 1. The maximum Gasteiger partial charge on any atom is 0.244 e. The van der Waals surface area contributed by atoms with Gasteiger partial charge in [-0.2, -0.15) is 4.98 Å². The number of amides is 1. The van der Waals surface area contributed by atoms with E-state index >= 15 is 0 Å². The monoisotopic (exact) mass is 412 g/mol. The van der Waals surface area contributed by atoms with Crippen molar-refractivity contribution in [2.75, 3.05) is 43.1 Å². The van der Waals surface area contributed by atoms with Crippen molar-refractivity contribution in [3.05, 3.63) is 41.5 Å². The number of rotatable bonds is 8. The highest BCUT2D eigenvalue weighted by Gasteiger charge is 2.27. The smallest absolute Gasteiger partial charge is 0.244 e. The fourth-order valence-electron chi connectivity index (χ4n) is 3.96. The van der Waals surface area contributed by atoms with Crippen molar-refractivity contribution in [1.29, 1.82) is 0 Å². The molecule has 3 heterocycles. The van der Waals surface area contributed by atoms with Crippen LogP contribution in [0.1, 0.15) is 30.4 Å². The molecule has 4 rings (SSSR count). The number of aromatic nitrogens is 1. The van der Waals surface area contributed by atoms with E-state index in [0.717, 1.165) is 25.2 Å². The van der Waals surface area contributed by atoms with Crippen LogP contribution < -0.4 is 15.0 Å². The van der Waals surface area contributed by atoms with E-state index in [0.29, 0.717) is 31.1 Å². The summed E-state index contributed by atoms with van der Waals surface area (Å²) >= 11 is 0. The molecule has 1 fully saturated rings. The van der Waals surface area contributed by atoms with Gasteiger partial charge < -0.3 is 25.2 Å². The third kappa shape index (κ3) is 4.83. The number of nitrogens with zero attached hydrogens (tertiary/aromatic N) is 3. The first kappa shape index (κ1) is 20.4. The van der Waals surface area contributed by atoms with Gasteiger partial charge in [-0.3, -0.25) is 9.69 Å². The number of pyridine rings is 1. The molecule has 30 heavy (non-hydrogen) atoms. The lowest BCUT2D eigenvalue weighted by molar-refractivity contribution is -0.115. The lowest BCUT2D eigenvalue weighted by atomic mass is 10.1. The molecule has 1 aromatic heterocycles. The quantitative estimate of drug-likeness (QED) is 0.571. The normalized spacial score (nSPS) is 16.4. The van der Waals surface area contributed by atoms with E-state index in [2.05, 4.69) is 27.3 Å². The maximum atomic E-state index is 12.2. The third-order valence-electron chi connectivity index (χ3n) is 5.38. The summed E-state index contributed by atoms with van der Waals surface area (Å²) in [4.78, 5) is 21.0. The Morgan fingerprint density at radius 2 is 1.90 bits per heavy atom. The molecule has 2 aliphatic rings. The van der Waals surface area contributed by atoms with Crippen molar-refractivity contribution in [2.24, 2.45) is 0 Å². The minimum atomic E-state index is -0.193. The van der Waals surface area contributed by atoms with Gasteiger partial charge in [-0.15, -0.1) is 0 Å². The standard InChI is InChI=1S/C22H28N4O4/c27-9-4-10-30-20-12-18(28)21-22(24-20)26(15-19(29)23-21)14-17-6-3-5-16(11-17)13-25-7-1-2-8-25/h3,5-6,11-12,27H,1-2,4,7-10,13-15H2,(H,23,29)(H,24,28). The molecule has 160 valence electrons. The highest BCUT2D eigenvalue weighted by molar-refractivity contribution is 6.02. The summed E-state index contributed by atoms with van der Waals surface area (Å²) in [6, 6.07) is 9.78. The lowest BCUT2D eigenvalue weighted by Crippen LogP contribution is -2.38. The number of aromatic hydroxyl groups is 1. The van der Waals surface area contributed by atoms with Gasteiger partial charge >= 0.3 is 0 Å². The second kappa shape index (κ2) is 9.32. The molecule has 2 aliphatic heterocycles. The number of benzene rings is 1. The molecule has 0 saturated carbocycles. The van der Waals surface area contributed by atoms with Crippen LogP contribution in [-0.4, -0.2) is 58.9 Å². The second-order valence-corrected chi connectivity index (χ2v) is 7.81. The van der Waals surface area contributed by atoms with E-state index in [1.807, 2.05) is 17.0 Å². The first-order valence-corrected chi connectivity index (χ1v) is 10.4. The molecule has 8 heteroatoms. The maximum absolute atomic E-state index is 12.2. The summed E-state index contributed by atoms with van der Waals surface area (Å²) < 4.78 is 5.54. The SMILES string of the molecule is O=C1CN(Cc2cccc(CN3CCCC3)c2)c2nc(OCCCO)cc(O)c2N1. The summed E-state index contributed by atoms with van der Waals surface area (Å²) in [6.07, 6.45) is 3.00. The predicted octanol–water partition coefficient (Wildman–Crippen LogP) is 2.10. The van der Waals surface area contributed by atoms with Crippen LogP contribution in [0, 0.1) is 0 Å². The average molecular weight is 412 g/mol. The summed E-state index contributed by atoms with van der Waals surface area (Å²) in [5, 5.41) is 22.0. The molecule has 2 aromatic rings. The summed E-state index contributed by atoms with van der Waals surface area (Å²) in [6.45, 7) is 4.20. The first-order valence-electron chi connectivity index (χ1n) is 10.4. The average Bonchev–Trinajstić information content (AvgIpc) is 3.22. The van der Waals surface area contributed by atoms with Crippen LogP contribution in [0.3, 0.4) is 0 Å². The van der Waals surface area contributed by atoms with Crippen LogP contribution in [0.25, 0.3) is 0 Å². The Hall–Kier alpha value is -2.84. The van der Waals surface area contributed by atoms with Crippen LogP contribution in [-0.2, 0) is 17.9 Å². The number of aliphatic hydroxyl groups excluding tert-OH is 1. The second-order valence-electron chi connectivity index (χ2n) is 7.81. The van der Waals surface area contributed by atoms with Crippen molar-refractivity contribution < 1.29 is 19.7 Å². The van der Waals surface area contributed by atoms with E-state index in [1.54, 1.807) is 0 Å². The molecule has 0 radical (unpaired) electrons. The van der Waals surface area contributed by atoms with Crippen LogP contribution in [0.15, 0.2) is 30.3 Å². The van der Waals surface area contributed by atoms with E-state index in [9.17, 15) is 9.90 Å². The Morgan fingerprint density at radius 1 is 1.13 bits per heavy atom. The van der Waals surface area contributed by atoms with Crippen LogP contribution >= 0.6 is 0 Å². The minimum Gasteiger partial charge on any atom is -0.505 e. The topological polar surface area (TPSA) is 98.2 Å². The van der Waals surface area contributed by atoms with Crippen molar-refractivity contribution in [1.82, 2.24) is 9.88 Å². The van der Waals surface area contributed by atoms with Crippen molar-refractivity contribution >= 4 is 17.4 Å². The molecule has 8 nitrogen and oxygen atoms in total. The molecule has 1 amide bonds. The van der Waals surface area contributed by atoms with Gasteiger partial charge in [0.25, 0.3) is 0 Å². The molecule has 0 atom stereocenters. The Balaban J connectivity index is 1.54. The van der Waals surface area contributed by atoms with E-state index in [-0.39, 0.29) is 30.7 Å². The van der Waals surface area contributed by atoms with Gasteiger partial charge in [0, 0.05) is 32.2 Å². The Labute approximate surface area is 176 Å². The zero-order chi connectivity index (χ0) is 20.9. The van der Waals surface area contributed by atoms with Crippen molar-refractivity contribution in [3.63, 3.8) is 0 Å². The molecule has 0 aliphatic carbocycles. The van der Waals surface area contributed by atoms with Gasteiger partial charge in [-0.05, 0) is 37.1 Å². The Bertz CT molecular complexity index is 899. The van der Waals surface area contributed by atoms with E-state index < -0.39 is 0 Å². The summed E-state index contributed by atoms with van der Waals surface area (Å²) in [5.41, 5.74) is 2.64. The van der Waals surface area contributed by atoms with Crippen LogP contribution in [0.4, 0.5) is 11.5 Å². The van der Waals surface area contributed by atoms with Gasteiger partial charge in [0.05, 0.1) is 13.2 Å². The third-order valence-corrected chi connectivity index (χ3v) is 5.38. The number of carbonyl (C=O) groups excluding carboxylic acids is 1. The molecule has 1 aromatic carbocycles. The number of anilines is 2. The fourth-order valence-corrected chi connectivity index (χ4v) is 3.96. The fraction of sp³-hybridized carbons (Fsp3) is 0.455. The molecule has 0 unspecified atom stereocenters. The van der Waals surface area contributed by atoms with Gasteiger partial charge in [-0.25, -0.2) is 0 Å². The predicted molar refractivity (Wildman–Crippen MR) is 114 cm³/mol. The lowest BCUT2D eigenvalue weighted by Gasteiger charge is -2.30. The zero-order valence-corrected chi connectivity index (χ0v) is 17.0. The molecule has 0 spiro atoms. The van der Waals surface area contributed by atoms with Crippen LogP contribution in [0.5, 0.6) is 11.6 Å². The van der Waals surface area contributed by atoms with Gasteiger partial charge in [-0.1, -0.05) is 24.3 Å². The minimum absolute atomic E-state index is 0.0207. The first-order chi connectivity index (χ1) is 14.6. The van der Waals surface area contributed by atoms with Crippen molar-refractivity contribution in [2.45, 2.75) is 32.4 Å². The Kier molecular flexibility index (Phi) is 6.35. The highest BCUT2D eigenvalue weighted by Crippen LogP contribution is 2.38. The summed E-state index contributed by atoms with van der Waals surface area (Å²) in [5.74, 6) is 0.476. The molecule has 0 bridgehead atoms. The number of fused-ring (bicyclic) bond motifs is 1. The zero-order valence-electron chi connectivity index (χ0n) is 17.0.